The van der Waals surface area contributed by atoms with Crippen molar-refractivity contribution in [3.05, 3.63) is 29.3 Å². The van der Waals surface area contributed by atoms with Gasteiger partial charge in [-0.3, -0.25) is 0 Å². The summed E-state index contributed by atoms with van der Waals surface area (Å²) in [5.41, 5.74) is 2.44. The van der Waals surface area contributed by atoms with Crippen molar-refractivity contribution >= 4 is 0 Å². The van der Waals surface area contributed by atoms with E-state index in [4.69, 9.17) is 0 Å². The van der Waals surface area contributed by atoms with Crippen LogP contribution in [-0.2, 0) is 6.42 Å². The van der Waals surface area contributed by atoms with Gasteiger partial charge in [0, 0.05) is 12.1 Å². The molecule has 2 N–H and O–H groups in total. The molecule has 2 heteroatoms. The van der Waals surface area contributed by atoms with Crippen LogP contribution in [-0.4, -0.2) is 11.1 Å². The molecular weight excluding hydrogens is 222 g/mol. The summed E-state index contributed by atoms with van der Waals surface area (Å²) in [4.78, 5) is 0. The van der Waals surface area contributed by atoms with E-state index in [1.807, 2.05) is 6.07 Å². The van der Waals surface area contributed by atoms with Crippen molar-refractivity contribution < 1.29 is 5.11 Å². The zero-order valence-corrected chi connectivity index (χ0v) is 11.7. The topological polar surface area (TPSA) is 32.3 Å². The lowest BCUT2D eigenvalue weighted by molar-refractivity contribution is 0.374. The number of phenols is 1. The van der Waals surface area contributed by atoms with Gasteiger partial charge in [0.25, 0.3) is 0 Å². The number of aromatic hydroxyl groups is 1. The van der Waals surface area contributed by atoms with Crippen molar-refractivity contribution in [3.8, 4) is 5.75 Å². The van der Waals surface area contributed by atoms with Gasteiger partial charge in [0.2, 0.25) is 0 Å². The molecule has 2 nitrogen and oxygen atoms in total. The molecule has 0 fully saturated rings. The molecule has 18 heavy (non-hydrogen) atoms. The Bertz CT molecular complexity index is 402. The third-order valence-electron chi connectivity index (χ3n) is 4.18. The minimum Gasteiger partial charge on any atom is -0.508 e. The molecule has 0 saturated carbocycles. The first-order valence-corrected chi connectivity index (χ1v) is 7.18. The van der Waals surface area contributed by atoms with E-state index in [-0.39, 0.29) is 0 Å². The fourth-order valence-electron chi connectivity index (χ4n) is 2.99. The molecule has 0 saturated heterocycles. The van der Waals surface area contributed by atoms with E-state index in [9.17, 15) is 5.11 Å². The first-order chi connectivity index (χ1) is 8.61. The summed E-state index contributed by atoms with van der Waals surface area (Å²) in [6.45, 7) is 6.83. The zero-order chi connectivity index (χ0) is 13.1. The fraction of sp³-hybridized carbons (Fsp3) is 0.625. The quantitative estimate of drug-likeness (QED) is 0.829. The van der Waals surface area contributed by atoms with Crippen LogP contribution in [0.3, 0.4) is 0 Å². The van der Waals surface area contributed by atoms with Crippen LogP contribution >= 0.6 is 0 Å². The maximum absolute atomic E-state index is 9.84. The van der Waals surface area contributed by atoms with Gasteiger partial charge in [-0.1, -0.05) is 32.4 Å². The molecule has 3 atom stereocenters. The first kappa shape index (κ1) is 13.4. The Hall–Kier alpha value is -1.02. The number of hydrogen-bond acceptors (Lipinski definition) is 2. The number of rotatable bonds is 5. The van der Waals surface area contributed by atoms with Gasteiger partial charge in [0.05, 0.1) is 0 Å². The normalized spacial score (nSPS) is 21.6. The summed E-state index contributed by atoms with van der Waals surface area (Å²) in [6, 6.07) is 6.86. The molecule has 0 spiro atoms. The van der Waals surface area contributed by atoms with Crippen molar-refractivity contribution in [1.82, 2.24) is 5.32 Å². The predicted octanol–water partition coefficient (Wildman–Crippen LogP) is 3.79. The molecule has 1 aliphatic carbocycles. The smallest absolute Gasteiger partial charge is 0.119 e. The van der Waals surface area contributed by atoms with Crippen molar-refractivity contribution in [2.24, 2.45) is 5.92 Å². The minimum atomic E-state index is 0.422. The van der Waals surface area contributed by atoms with E-state index < -0.39 is 0 Å². The molecule has 100 valence electrons. The van der Waals surface area contributed by atoms with Crippen molar-refractivity contribution in [1.29, 1.82) is 0 Å². The second-order valence-corrected chi connectivity index (χ2v) is 5.75. The predicted molar refractivity (Wildman–Crippen MR) is 75.8 cm³/mol. The van der Waals surface area contributed by atoms with Crippen LogP contribution in [0.4, 0.5) is 0 Å². The van der Waals surface area contributed by atoms with E-state index in [2.05, 4.69) is 32.2 Å². The molecule has 0 aliphatic heterocycles. The average molecular weight is 247 g/mol. The second kappa shape index (κ2) is 5.75. The Morgan fingerprint density at radius 3 is 2.89 bits per heavy atom. The number of nitrogens with one attached hydrogen (secondary N) is 1. The van der Waals surface area contributed by atoms with Crippen LogP contribution in [0.25, 0.3) is 0 Å². The maximum Gasteiger partial charge on any atom is 0.119 e. The van der Waals surface area contributed by atoms with Crippen LogP contribution in [0.5, 0.6) is 5.75 Å². The first-order valence-electron chi connectivity index (χ1n) is 7.18. The van der Waals surface area contributed by atoms with Crippen LogP contribution < -0.4 is 5.32 Å². The maximum atomic E-state index is 9.84. The van der Waals surface area contributed by atoms with Gasteiger partial charge in [0.1, 0.15) is 5.75 Å². The summed E-state index contributed by atoms with van der Waals surface area (Å²) < 4.78 is 0. The lowest BCUT2D eigenvalue weighted by atomic mass is 9.99. The molecular formula is C16H25NO. The lowest BCUT2D eigenvalue weighted by Crippen LogP contribution is -2.30. The third kappa shape index (κ3) is 2.86. The Morgan fingerprint density at radius 1 is 1.39 bits per heavy atom. The summed E-state index contributed by atoms with van der Waals surface area (Å²) >= 11 is 0. The molecule has 0 bridgehead atoms. The molecule has 1 aromatic rings. The van der Waals surface area contributed by atoms with Gasteiger partial charge in [-0.05, 0) is 49.3 Å². The third-order valence-corrected chi connectivity index (χ3v) is 4.18. The van der Waals surface area contributed by atoms with Gasteiger partial charge in [-0.25, -0.2) is 0 Å². The average Bonchev–Trinajstić information content (AvgIpc) is 2.74. The van der Waals surface area contributed by atoms with Gasteiger partial charge in [0.15, 0.2) is 0 Å². The van der Waals surface area contributed by atoms with E-state index in [0.29, 0.717) is 17.8 Å². The molecule has 3 unspecified atom stereocenters. The van der Waals surface area contributed by atoms with Crippen molar-refractivity contribution in [3.63, 3.8) is 0 Å². The van der Waals surface area contributed by atoms with Gasteiger partial charge in [-0.2, -0.15) is 0 Å². The summed E-state index contributed by atoms with van der Waals surface area (Å²) in [7, 11) is 0. The monoisotopic (exact) mass is 247 g/mol. The molecule has 0 heterocycles. The number of phenolic OH excluding ortho intramolecular Hbond substituents is 1. The van der Waals surface area contributed by atoms with Crippen LogP contribution in [0.1, 0.15) is 57.2 Å². The van der Waals surface area contributed by atoms with Crippen molar-refractivity contribution in [2.45, 2.75) is 58.5 Å². The highest BCUT2D eigenvalue weighted by atomic mass is 16.3. The number of hydrogen-bond donors (Lipinski definition) is 2. The fourth-order valence-corrected chi connectivity index (χ4v) is 2.99. The Balaban J connectivity index is 1.99. The minimum absolute atomic E-state index is 0.422. The number of fused-ring (bicyclic) bond motifs is 1. The molecule has 0 radical (unpaired) electrons. The van der Waals surface area contributed by atoms with Crippen LogP contribution in [0.15, 0.2) is 18.2 Å². The van der Waals surface area contributed by atoms with Crippen molar-refractivity contribution in [2.75, 3.05) is 0 Å². The SMILES string of the molecule is CCC(C)CC(C)NC1CCc2c(O)cccc21. The Labute approximate surface area is 110 Å². The highest BCUT2D eigenvalue weighted by Gasteiger charge is 2.25. The van der Waals surface area contributed by atoms with E-state index in [1.54, 1.807) is 6.07 Å². The Morgan fingerprint density at radius 2 is 2.17 bits per heavy atom. The zero-order valence-electron chi connectivity index (χ0n) is 11.7. The van der Waals surface area contributed by atoms with Crippen LogP contribution in [0.2, 0.25) is 0 Å². The standard InChI is InChI=1S/C16H25NO/c1-4-11(2)10-12(3)17-15-9-8-14-13(15)6-5-7-16(14)18/h5-7,11-12,15,17-18H,4,8-10H2,1-3H3. The highest BCUT2D eigenvalue weighted by molar-refractivity contribution is 5.44. The molecule has 1 aromatic carbocycles. The molecule has 2 rings (SSSR count). The molecule has 1 aliphatic rings. The van der Waals surface area contributed by atoms with E-state index in [1.165, 1.54) is 18.4 Å². The highest BCUT2D eigenvalue weighted by Crippen LogP contribution is 2.36. The summed E-state index contributed by atoms with van der Waals surface area (Å²) in [5.74, 6) is 1.24. The second-order valence-electron chi connectivity index (χ2n) is 5.75. The van der Waals surface area contributed by atoms with Crippen LogP contribution in [0, 0.1) is 5.92 Å². The van der Waals surface area contributed by atoms with Gasteiger partial charge in [-0.15, -0.1) is 0 Å². The molecule has 0 aromatic heterocycles. The van der Waals surface area contributed by atoms with Gasteiger partial charge >= 0.3 is 0 Å². The number of benzene rings is 1. The summed E-state index contributed by atoms with van der Waals surface area (Å²) in [5, 5.41) is 13.6. The largest absolute Gasteiger partial charge is 0.508 e. The van der Waals surface area contributed by atoms with E-state index in [0.717, 1.165) is 24.3 Å². The molecule has 0 amide bonds. The van der Waals surface area contributed by atoms with E-state index >= 15 is 0 Å². The summed E-state index contributed by atoms with van der Waals surface area (Å²) in [6.07, 6.45) is 4.57. The lowest BCUT2D eigenvalue weighted by Gasteiger charge is -2.22. The Kier molecular flexibility index (Phi) is 4.28. The van der Waals surface area contributed by atoms with Gasteiger partial charge < -0.3 is 10.4 Å².